The van der Waals surface area contributed by atoms with Crippen LogP contribution in [0.3, 0.4) is 0 Å². The Kier molecular flexibility index (Phi) is 15.8. The van der Waals surface area contributed by atoms with Crippen LogP contribution >= 0.6 is 7.82 Å². The van der Waals surface area contributed by atoms with Crippen molar-refractivity contribution in [2.75, 3.05) is 19.8 Å². The molecule has 0 aliphatic heterocycles. The summed E-state index contributed by atoms with van der Waals surface area (Å²) in [5, 5.41) is 28.8. The fourth-order valence-corrected chi connectivity index (χ4v) is 3.04. The zero-order valence-corrected chi connectivity index (χ0v) is 17.5. The average molecular weight is 414 g/mol. The summed E-state index contributed by atoms with van der Waals surface area (Å²) in [5.41, 5.74) is 0. The number of phosphoric ester groups is 1. The molecule has 8 nitrogen and oxygen atoms in total. The predicted octanol–water partition coefficient (Wildman–Crippen LogP) is 2.86. The van der Waals surface area contributed by atoms with Gasteiger partial charge in [0.2, 0.25) is 5.79 Å². The fraction of sp³-hybridized carbons (Fsp3) is 1.00. The number of ether oxygens (including phenoxy) is 1. The predicted molar refractivity (Wildman–Crippen MR) is 103 cm³/mol. The van der Waals surface area contributed by atoms with E-state index in [4.69, 9.17) is 14.5 Å². The highest BCUT2D eigenvalue weighted by Crippen LogP contribution is 2.37. The van der Waals surface area contributed by atoms with Crippen LogP contribution in [0.15, 0.2) is 0 Å². The number of unbranched alkanes of at least 4 members (excludes halogenated alkanes) is 9. The molecule has 0 bridgehead atoms. The third kappa shape index (κ3) is 17.8. The lowest BCUT2D eigenvalue weighted by atomic mass is 10.1. The lowest BCUT2D eigenvalue weighted by Gasteiger charge is -2.27. The molecule has 0 heterocycles. The Hall–Kier alpha value is -0.0500. The molecule has 164 valence electrons. The van der Waals surface area contributed by atoms with Gasteiger partial charge in [0, 0.05) is 13.2 Å². The molecule has 0 saturated heterocycles. The number of rotatable bonds is 19. The van der Waals surface area contributed by atoms with E-state index >= 15 is 0 Å². The van der Waals surface area contributed by atoms with Crippen LogP contribution in [0.5, 0.6) is 0 Å². The van der Waals surface area contributed by atoms with Gasteiger partial charge in [0.15, 0.2) is 0 Å². The Balaban J connectivity index is 3.46. The summed E-state index contributed by atoms with van der Waals surface area (Å²) in [6.45, 7) is 2.17. The molecule has 0 aromatic rings. The van der Waals surface area contributed by atoms with E-state index in [1.807, 2.05) is 0 Å². The Labute approximate surface area is 163 Å². The van der Waals surface area contributed by atoms with Gasteiger partial charge in [-0.3, -0.25) is 4.52 Å². The van der Waals surface area contributed by atoms with E-state index in [1.54, 1.807) is 0 Å². The molecule has 0 fully saturated rings. The van der Waals surface area contributed by atoms with Gasteiger partial charge in [-0.1, -0.05) is 64.7 Å². The first-order chi connectivity index (χ1) is 12.7. The van der Waals surface area contributed by atoms with Gasteiger partial charge < -0.3 is 29.8 Å². The fourth-order valence-electron chi connectivity index (χ4n) is 2.68. The van der Waals surface area contributed by atoms with E-state index in [-0.39, 0.29) is 6.42 Å². The monoisotopic (exact) mass is 414 g/mol. The van der Waals surface area contributed by atoms with Gasteiger partial charge in [-0.25, -0.2) is 4.57 Å². The number of aliphatic hydroxyl groups excluding tert-OH is 1. The summed E-state index contributed by atoms with van der Waals surface area (Å²) in [5.74, 6) is -2.71. The quantitative estimate of drug-likeness (QED) is 0.124. The van der Waals surface area contributed by atoms with E-state index in [9.17, 15) is 19.9 Å². The minimum absolute atomic E-state index is 0.0234. The highest BCUT2D eigenvalue weighted by Gasteiger charge is 2.35. The number of hydrogen-bond donors (Lipinski definition) is 5. The van der Waals surface area contributed by atoms with Gasteiger partial charge in [-0.2, -0.15) is 0 Å². The van der Waals surface area contributed by atoms with Crippen molar-refractivity contribution in [1.29, 1.82) is 0 Å². The lowest BCUT2D eigenvalue weighted by Crippen LogP contribution is -2.46. The molecular formula is C18H39O8P. The first kappa shape index (κ1) is 27.0. The molecule has 0 aliphatic carbocycles. The standard InChI is InChI=1S/C18H39O8P/c1-2-3-4-5-6-7-8-9-10-11-14-25-15-12-13-17(19)18(20,21)16-26-27(22,23)24/h17,19-21H,2-16H2,1H3,(H2,22,23,24). The molecule has 0 saturated carbocycles. The molecule has 5 N–H and O–H groups in total. The van der Waals surface area contributed by atoms with E-state index in [0.29, 0.717) is 19.6 Å². The summed E-state index contributed by atoms with van der Waals surface area (Å²) in [6.07, 6.45) is 11.4. The van der Waals surface area contributed by atoms with Crippen LogP contribution in [-0.4, -0.2) is 56.8 Å². The summed E-state index contributed by atoms with van der Waals surface area (Å²) in [7, 11) is -4.82. The van der Waals surface area contributed by atoms with Crippen LogP contribution in [-0.2, 0) is 13.8 Å². The smallest absolute Gasteiger partial charge is 0.387 e. The maximum absolute atomic E-state index is 10.5. The second-order valence-electron chi connectivity index (χ2n) is 7.09. The van der Waals surface area contributed by atoms with Crippen LogP contribution in [0.25, 0.3) is 0 Å². The number of phosphoric acid groups is 1. The minimum atomic E-state index is -4.82. The average Bonchev–Trinajstić information content (AvgIpc) is 2.59. The molecule has 27 heavy (non-hydrogen) atoms. The zero-order valence-electron chi connectivity index (χ0n) is 16.6. The Morgan fingerprint density at radius 1 is 0.852 bits per heavy atom. The molecule has 0 aromatic heterocycles. The second kappa shape index (κ2) is 15.8. The van der Waals surface area contributed by atoms with Crippen molar-refractivity contribution >= 4 is 7.82 Å². The molecule has 0 amide bonds. The van der Waals surface area contributed by atoms with Crippen molar-refractivity contribution in [3.05, 3.63) is 0 Å². The maximum Gasteiger partial charge on any atom is 0.469 e. The maximum atomic E-state index is 10.5. The third-order valence-electron chi connectivity index (χ3n) is 4.39. The summed E-state index contributed by atoms with van der Waals surface area (Å²) >= 11 is 0. The van der Waals surface area contributed by atoms with Crippen molar-refractivity contribution in [2.24, 2.45) is 0 Å². The van der Waals surface area contributed by atoms with Crippen molar-refractivity contribution in [3.8, 4) is 0 Å². The van der Waals surface area contributed by atoms with Crippen molar-refractivity contribution in [2.45, 2.75) is 95.9 Å². The van der Waals surface area contributed by atoms with Crippen molar-refractivity contribution in [1.82, 2.24) is 0 Å². The zero-order chi connectivity index (χ0) is 20.6. The van der Waals surface area contributed by atoms with Crippen molar-refractivity contribution in [3.63, 3.8) is 0 Å². The second-order valence-corrected chi connectivity index (χ2v) is 8.33. The largest absolute Gasteiger partial charge is 0.469 e. The summed E-state index contributed by atoms with van der Waals surface area (Å²) in [6, 6.07) is 0. The van der Waals surface area contributed by atoms with Gasteiger partial charge in [0.25, 0.3) is 0 Å². The third-order valence-corrected chi connectivity index (χ3v) is 4.85. The molecule has 0 rings (SSSR count). The molecule has 0 aliphatic rings. The van der Waals surface area contributed by atoms with Gasteiger partial charge in [0.1, 0.15) is 12.7 Å². The van der Waals surface area contributed by atoms with E-state index < -0.39 is 26.3 Å². The minimum Gasteiger partial charge on any atom is -0.387 e. The molecule has 1 unspecified atom stereocenters. The normalized spacial score (nSPS) is 13.9. The Morgan fingerprint density at radius 2 is 1.33 bits per heavy atom. The van der Waals surface area contributed by atoms with E-state index in [0.717, 1.165) is 12.8 Å². The highest BCUT2D eigenvalue weighted by atomic mass is 31.2. The van der Waals surface area contributed by atoms with Crippen LogP contribution in [0.4, 0.5) is 0 Å². The summed E-state index contributed by atoms with van der Waals surface area (Å²) < 4.78 is 20.0. The van der Waals surface area contributed by atoms with Gasteiger partial charge in [0.05, 0.1) is 0 Å². The van der Waals surface area contributed by atoms with E-state index in [1.165, 1.54) is 51.4 Å². The van der Waals surface area contributed by atoms with Crippen LogP contribution in [0.2, 0.25) is 0 Å². The van der Waals surface area contributed by atoms with Crippen molar-refractivity contribution < 1.29 is 38.9 Å². The first-order valence-electron chi connectivity index (χ1n) is 10.1. The van der Waals surface area contributed by atoms with E-state index in [2.05, 4.69) is 11.4 Å². The van der Waals surface area contributed by atoms with Gasteiger partial charge in [-0.15, -0.1) is 0 Å². The molecular weight excluding hydrogens is 375 g/mol. The Morgan fingerprint density at radius 3 is 1.85 bits per heavy atom. The van der Waals surface area contributed by atoms with Crippen LogP contribution in [0.1, 0.15) is 84.0 Å². The highest BCUT2D eigenvalue weighted by molar-refractivity contribution is 7.46. The van der Waals surface area contributed by atoms with Gasteiger partial charge in [-0.05, 0) is 19.3 Å². The van der Waals surface area contributed by atoms with Crippen LogP contribution < -0.4 is 0 Å². The Bertz CT molecular complexity index is 386. The molecule has 9 heteroatoms. The number of hydrogen-bond acceptors (Lipinski definition) is 6. The molecule has 0 aromatic carbocycles. The lowest BCUT2D eigenvalue weighted by molar-refractivity contribution is -0.242. The summed E-state index contributed by atoms with van der Waals surface area (Å²) in [4.78, 5) is 17.1. The number of aliphatic hydroxyl groups is 3. The first-order valence-corrected chi connectivity index (χ1v) is 11.6. The molecule has 0 spiro atoms. The SMILES string of the molecule is CCCCCCCCCCCCOCCCC(O)C(O)(O)COP(=O)(O)O. The molecule has 0 radical (unpaired) electrons. The topological polar surface area (TPSA) is 137 Å². The molecule has 1 atom stereocenters. The van der Waals surface area contributed by atoms with Crippen LogP contribution in [0, 0.1) is 0 Å². The van der Waals surface area contributed by atoms with Gasteiger partial charge >= 0.3 is 7.82 Å².